The van der Waals surface area contributed by atoms with Crippen LogP contribution in [0.15, 0.2) is 48.7 Å². The van der Waals surface area contributed by atoms with Crippen LogP contribution in [0.25, 0.3) is 33.4 Å². The zero-order valence-electron chi connectivity index (χ0n) is 24.8. The van der Waals surface area contributed by atoms with Crippen molar-refractivity contribution in [3.05, 3.63) is 54.5 Å². The van der Waals surface area contributed by atoms with Gasteiger partial charge in [0.05, 0.1) is 25.2 Å². The second kappa shape index (κ2) is 15.7. The summed E-state index contributed by atoms with van der Waals surface area (Å²) in [5.41, 5.74) is 7.30. The molecule has 44 heavy (non-hydrogen) atoms. The number of urea groups is 1. The van der Waals surface area contributed by atoms with Gasteiger partial charge < -0.3 is 20.5 Å². The van der Waals surface area contributed by atoms with E-state index in [1.54, 1.807) is 24.3 Å². The van der Waals surface area contributed by atoms with Gasteiger partial charge in [-0.3, -0.25) is 14.4 Å². The molecule has 0 radical (unpaired) electrons. The molecule has 2 amide bonds. The number of benzene rings is 2. The van der Waals surface area contributed by atoms with Gasteiger partial charge in [0.1, 0.15) is 22.9 Å². The molecule has 2 aromatic heterocycles. The Balaban J connectivity index is 0.000000978. The highest BCUT2D eigenvalue weighted by atomic mass is 32.2. The Morgan fingerprint density at radius 3 is 2.41 bits per heavy atom. The topological polar surface area (TPSA) is 170 Å². The van der Waals surface area contributed by atoms with E-state index in [0.29, 0.717) is 27.8 Å². The number of aromatic nitrogens is 3. The van der Waals surface area contributed by atoms with E-state index in [-0.39, 0.29) is 35.1 Å². The van der Waals surface area contributed by atoms with Crippen molar-refractivity contribution in [3.8, 4) is 28.3 Å². The monoisotopic (exact) mass is 631 g/mol. The highest BCUT2D eigenvalue weighted by Gasteiger charge is 2.19. The lowest BCUT2D eigenvalue weighted by atomic mass is 10.0. The molecule has 4 aromatic rings. The summed E-state index contributed by atoms with van der Waals surface area (Å²) in [5, 5.41) is 5.36. The summed E-state index contributed by atoms with van der Waals surface area (Å²) in [7, 11) is -1.03. The van der Waals surface area contributed by atoms with Crippen molar-refractivity contribution in [3.63, 3.8) is 0 Å². The minimum absolute atomic E-state index is 0.0766. The van der Waals surface area contributed by atoms with Gasteiger partial charge in [-0.1, -0.05) is 12.1 Å². The summed E-state index contributed by atoms with van der Waals surface area (Å²) in [4.78, 5) is 24.6. The summed E-state index contributed by atoms with van der Waals surface area (Å²) in [6.45, 7) is 4.86. The number of anilines is 3. The molecule has 4 rings (SSSR count). The van der Waals surface area contributed by atoms with E-state index in [0.717, 1.165) is 13.2 Å². The summed E-state index contributed by atoms with van der Waals surface area (Å²) in [6.07, 6.45) is 1.27. The zero-order chi connectivity index (χ0) is 32.3. The summed E-state index contributed by atoms with van der Waals surface area (Å²) < 4.78 is 64.7. The number of carbonyl (C=O) groups excluding carboxylic acids is 1. The number of nitrogen functional groups attached to an aromatic ring is 1. The fraction of sp³-hybridized carbons (Fsp3) is 0.310. The maximum Gasteiger partial charge on any atom is 0.320 e. The Morgan fingerprint density at radius 2 is 1.82 bits per heavy atom. The Hall–Kier alpha value is -4.63. The normalized spacial score (nSPS) is 11.0. The van der Waals surface area contributed by atoms with Crippen LogP contribution in [-0.4, -0.2) is 69.2 Å². The molecule has 0 aliphatic carbocycles. The number of nitrogens with one attached hydrogen (secondary N) is 3. The van der Waals surface area contributed by atoms with Gasteiger partial charge in [0, 0.05) is 43.0 Å². The fourth-order valence-electron chi connectivity index (χ4n) is 3.94. The van der Waals surface area contributed by atoms with Gasteiger partial charge in [-0.05, 0) is 56.2 Å². The number of pyridine rings is 1. The van der Waals surface area contributed by atoms with Crippen LogP contribution in [-0.2, 0) is 14.8 Å². The summed E-state index contributed by atoms with van der Waals surface area (Å²) in [5.74, 6) is -0.363. The average molecular weight is 632 g/mol. The number of rotatable bonds is 11. The fourth-order valence-corrected chi connectivity index (χ4v) is 5.03. The largest absolute Gasteiger partial charge is 0.494 e. The molecule has 0 fully saturated rings. The van der Waals surface area contributed by atoms with Crippen LogP contribution in [0.1, 0.15) is 20.3 Å². The van der Waals surface area contributed by atoms with Crippen molar-refractivity contribution >= 4 is 44.3 Å². The quantitative estimate of drug-likeness (QED) is 0.178. The van der Waals surface area contributed by atoms with Crippen molar-refractivity contribution in [2.24, 2.45) is 0 Å². The van der Waals surface area contributed by atoms with Crippen molar-refractivity contribution in [2.75, 3.05) is 55.6 Å². The van der Waals surface area contributed by atoms with Crippen molar-refractivity contribution in [1.82, 2.24) is 20.3 Å². The van der Waals surface area contributed by atoms with E-state index < -0.39 is 34.3 Å². The van der Waals surface area contributed by atoms with Crippen LogP contribution in [0.5, 0.6) is 5.75 Å². The molecule has 12 nitrogen and oxygen atoms in total. The van der Waals surface area contributed by atoms with Gasteiger partial charge in [0.25, 0.3) is 0 Å². The number of carbonyl (C=O) groups is 1. The maximum atomic E-state index is 15.4. The minimum Gasteiger partial charge on any atom is -0.494 e. The minimum atomic E-state index is -3.94. The molecule has 0 atom stereocenters. The smallest absolute Gasteiger partial charge is 0.320 e. The van der Waals surface area contributed by atoms with Crippen LogP contribution in [0.3, 0.4) is 0 Å². The van der Waals surface area contributed by atoms with Crippen LogP contribution >= 0.6 is 0 Å². The highest BCUT2D eigenvalue weighted by molar-refractivity contribution is 7.92. The van der Waals surface area contributed by atoms with Gasteiger partial charge in [-0.15, -0.1) is 0 Å². The second-order valence-electron chi connectivity index (χ2n) is 9.06. The molecule has 5 N–H and O–H groups in total. The number of nitrogens with zero attached hydrogens (tertiary/aromatic N) is 3. The molecule has 2 heterocycles. The van der Waals surface area contributed by atoms with Crippen LogP contribution in [0, 0.1) is 5.82 Å². The number of sulfonamides is 1. The lowest BCUT2D eigenvalue weighted by Crippen LogP contribution is -2.24. The number of hydrogen-bond acceptors (Lipinski definition) is 9. The molecule has 236 valence electrons. The first-order valence-corrected chi connectivity index (χ1v) is 15.3. The standard InChI is InChI=1S/C25H25F2N7O4S.C4H10O/c1-29-25(35)31-20-8-7-14(13-30-20)24-32-22-17(23(28)33-24)11-15(12-19(22)38-2)16-5-3-6-18(21(16)27)34-39(36,37)10-4-9-26;1-3-5-4-2/h3,5-8,11-13,34H,4,9-10H2,1-2H3,(H2,28,32,33)(H2,29,30,31,35);3-4H2,1-2H3. The van der Waals surface area contributed by atoms with Gasteiger partial charge in [0.2, 0.25) is 10.0 Å². The van der Waals surface area contributed by atoms with Gasteiger partial charge in [-0.25, -0.2) is 32.6 Å². The number of alkyl halides is 1. The summed E-state index contributed by atoms with van der Waals surface area (Å²) in [6, 6.07) is 10.2. The molecular weight excluding hydrogens is 596 g/mol. The molecule has 0 aliphatic rings. The van der Waals surface area contributed by atoms with E-state index >= 15 is 4.39 Å². The van der Waals surface area contributed by atoms with Crippen LogP contribution in [0.2, 0.25) is 0 Å². The van der Waals surface area contributed by atoms with Crippen LogP contribution in [0.4, 0.5) is 30.9 Å². The number of nitrogens with two attached hydrogens (primary N) is 1. The highest BCUT2D eigenvalue weighted by Crippen LogP contribution is 2.37. The maximum absolute atomic E-state index is 15.4. The Kier molecular flexibility index (Phi) is 12.1. The second-order valence-corrected chi connectivity index (χ2v) is 10.9. The molecule has 0 saturated heterocycles. The molecule has 0 unspecified atom stereocenters. The Morgan fingerprint density at radius 1 is 1.07 bits per heavy atom. The van der Waals surface area contributed by atoms with Crippen molar-refractivity contribution < 1.29 is 31.5 Å². The number of fused-ring (bicyclic) bond motifs is 1. The first-order chi connectivity index (χ1) is 21.1. The average Bonchev–Trinajstić information content (AvgIpc) is 3.01. The lowest BCUT2D eigenvalue weighted by molar-refractivity contribution is 0.162. The third kappa shape index (κ3) is 8.70. The van der Waals surface area contributed by atoms with Crippen molar-refractivity contribution in [2.45, 2.75) is 20.3 Å². The Bertz CT molecular complexity index is 1690. The molecule has 0 bridgehead atoms. The predicted molar refractivity (Wildman–Crippen MR) is 167 cm³/mol. The first kappa shape index (κ1) is 33.9. The van der Waals surface area contributed by atoms with Gasteiger partial charge >= 0.3 is 6.03 Å². The number of halogens is 2. The molecule has 15 heteroatoms. The van der Waals surface area contributed by atoms with E-state index in [4.69, 9.17) is 15.2 Å². The molecule has 0 spiro atoms. The van der Waals surface area contributed by atoms with E-state index in [1.165, 1.54) is 38.6 Å². The Labute approximate surface area is 254 Å². The van der Waals surface area contributed by atoms with Gasteiger partial charge in [0.15, 0.2) is 11.6 Å². The number of amides is 2. The predicted octanol–water partition coefficient (Wildman–Crippen LogP) is 4.98. The number of methoxy groups -OCH3 is 1. The number of ether oxygens (including phenoxy) is 2. The van der Waals surface area contributed by atoms with E-state index in [9.17, 15) is 17.6 Å². The van der Waals surface area contributed by atoms with Gasteiger partial charge in [-0.2, -0.15) is 0 Å². The lowest BCUT2D eigenvalue weighted by Gasteiger charge is -2.14. The first-order valence-electron chi connectivity index (χ1n) is 13.6. The molecular formula is C29H35F2N7O5S. The van der Waals surface area contributed by atoms with Crippen LogP contribution < -0.4 is 25.8 Å². The van der Waals surface area contributed by atoms with E-state index in [2.05, 4.69) is 30.3 Å². The molecule has 2 aromatic carbocycles. The zero-order valence-corrected chi connectivity index (χ0v) is 25.6. The van der Waals surface area contributed by atoms with E-state index in [1.807, 2.05) is 13.8 Å². The third-order valence-electron chi connectivity index (χ3n) is 6.04. The number of hydrogen-bond donors (Lipinski definition) is 4. The SMILES string of the molecule is CCOCC.CNC(=O)Nc1ccc(-c2nc(N)c3cc(-c4cccc(NS(=O)(=O)CCCF)c4F)cc(OC)c3n2)cn1. The third-order valence-corrected chi connectivity index (χ3v) is 7.39. The molecule has 0 saturated carbocycles. The molecule has 0 aliphatic heterocycles. The summed E-state index contributed by atoms with van der Waals surface area (Å²) >= 11 is 0. The van der Waals surface area contributed by atoms with Crippen molar-refractivity contribution in [1.29, 1.82) is 0 Å².